The number of ether oxygens (including phenoxy) is 2. The van der Waals surface area contributed by atoms with Crippen LogP contribution in [0.2, 0.25) is 0 Å². The Balaban J connectivity index is 1.65. The molecular weight excluding hydrogens is 368 g/mol. The molecule has 0 spiro atoms. The van der Waals surface area contributed by atoms with Crippen LogP contribution in [-0.2, 0) is 19.1 Å². The Hall–Kier alpha value is -2.43. The SMILES string of the molecule is CCCC[C@H](C)CC(=O)/C=C/[C@@H]1[C@H]2CC(=O)O[C@H]2C[C@H]1OC(=O)c1ccccc1. The summed E-state index contributed by atoms with van der Waals surface area (Å²) in [5.41, 5.74) is 0.491. The fraction of sp³-hybridized carbons (Fsp3) is 0.542. The zero-order valence-corrected chi connectivity index (χ0v) is 17.2. The highest BCUT2D eigenvalue weighted by Crippen LogP contribution is 2.43. The van der Waals surface area contributed by atoms with Gasteiger partial charge in [0.15, 0.2) is 5.78 Å². The maximum atomic E-state index is 12.5. The number of allylic oxidation sites excluding steroid dienone is 1. The molecule has 1 aromatic carbocycles. The fourth-order valence-electron chi connectivity index (χ4n) is 4.35. The summed E-state index contributed by atoms with van der Waals surface area (Å²) in [4.78, 5) is 36.6. The number of hydrogen-bond donors (Lipinski definition) is 0. The molecule has 0 N–H and O–H groups in total. The molecule has 1 saturated heterocycles. The lowest BCUT2D eigenvalue weighted by Gasteiger charge is -2.20. The average molecular weight is 398 g/mol. The highest BCUT2D eigenvalue weighted by atomic mass is 16.6. The Morgan fingerprint density at radius 2 is 2.03 bits per heavy atom. The number of fused-ring (bicyclic) bond motifs is 1. The third-order valence-corrected chi connectivity index (χ3v) is 5.92. The van der Waals surface area contributed by atoms with Gasteiger partial charge in [-0.15, -0.1) is 0 Å². The first-order valence-electron chi connectivity index (χ1n) is 10.6. The number of rotatable bonds is 9. The maximum Gasteiger partial charge on any atom is 0.338 e. The molecule has 1 aliphatic carbocycles. The van der Waals surface area contributed by atoms with E-state index < -0.39 is 6.10 Å². The zero-order chi connectivity index (χ0) is 20.8. The van der Waals surface area contributed by atoms with E-state index in [-0.39, 0.29) is 35.7 Å². The fourth-order valence-corrected chi connectivity index (χ4v) is 4.35. The van der Waals surface area contributed by atoms with Crippen LogP contribution in [0.5, 0.6) is 0 Å². The van der Waals surface area contributed by atoms with Crippen LogP contribution < -0.4 is 0 Å². The maximum absolute atomic E-state index is 12.5. The molecule has 5 nitrogen and oxygen atoms in total. The minimum Gasteiger partial charge on any atom is -0.462 e. The standard InChI is InChI=1S/C24H30O5/c1-3-4-8-16(2)13-18(25)11-12-19-20-14-23(26)28-22(20)15-21(19)29-24(27)17-9-6-5-7-10-17/h5-7,9-12,16,19-22H,3-4,8,13-15H2,1-2H3/b12-11+/t16-,19+,20+,21+,22-/m0/s1. The highest BCUT2D eigenvalue weighted by Gasteiger charge is 2.50. The van der Waals surface area contributed by atoms with Crippen LogP contribution in [0.15, 0.2) is 42.5 Å². The average Bonchev–Trinajstić information content (AvgIpc) is 3.20. The topological polar surface area (TPSA) is 69.7 Å². The summed E-state index contributed by atoms with van der Waals surface area (Å²) in [6, 6.07) is 8.85. The van der Waals surface area contributed by atoms with Gasteiger partial charge < -0.3 is 9.47 Å². The van der Waals surface area contributed by atoms with Gasteiger partial charge in [-0.1, -0.05) is 57.4 Å². The van der Waals surface area contributed by atoms with Crippen LogP contribution >= 0.6 is 0 Å². The van der Waals surface area contributed by atoms with E-state index in [2.05, 4.69) is 13.8 Å². The quantitative estimate of drug-likeness (QED) is 0.452. The molecule has 3 rings (SSSR count). The molecule has 0 amide bonds. The van der Waals surface area contributed by atoms with Crippen LogP contribution in [0, 0.1) is 17.8 Å². The molecule has 1 saturated carbocycles. The van der Waals surface area contributed by atoms with E-state index in [1.165, 1.54) is 0 Å². The zero-order valence-electron chi connectivity index (χ0n) is 17.2. The van der Waals surface area contributed by atoms with Crippen molar-refractivity contribution in [3.8, 4) is 0 Å². The van der Waals surface area contributed by atoms with E-state index in [4.69, 9.17) is 9.47 Å². The summed E-state index contributed by atoms with van der Waals surface area (Å²) in [6.45, 7) is 4.24. The van der Waals surface area contributed by atoms with Gasteiger partial charge in [0, 0.05) is 24.7 Å². The van der Waals surface area contributed by atoms with Crippen molar-refractivity contribution < 1.29 is 23.9 Å². The molecule has 2 fully saturated rings. The van der Waals surface area contributed by atoms with E-state index in [1.54, 1.807) is 30.3 Å². The Morgan fingerprint density at radius 3 is 2.76 bits per heavy atom. The Kier molecular flexibility index (Phi) is 7.24. The van der Waals surface area contributed by atoms with Crippen molar-refractivity contribution in [3.63, 3.8) is 0 Å². The van der Waals surface area contributed by atoms with Crippen molar-refractivity contribution >= 4 is 17.7 Å². The lowest BCUT2D eigenvalue weighted by Crippen LogP contribution is -2.25. The summed E-state index contributed by atoms with van der Waals surface area (Å²) >= 11 is 0. The number of carbonyl (C=O) groups excluding carboxylic acids is 3. The summed E-state index contributed by atoms with van der Waals surface area (Å²) < 4.78 is 11.2. The normalized spacial score (nSPS) is 26.9. The van der Waals surface area contributed by atoms with Gasteiger partial charge in [0.2, 0.25) is 0 Å². The minimum atomic E-state index is -0.396. The van der Waals surface area contributed by atoms with Gasteiger partial charge >= 0.3 is 11.9 Å². The molecule has 1 aliphatic heterocycles. The molecule has 5 heteroatoms. The van der Waals surface area contributed by atoms with E-state index in [1.807, 2.05) is 12.1 Å². The summed E-state index contributed by atoms with van der Waals surface area (Å²) in [6.07, 6.45) is 7.41. The van der Waals surface area contributed by atoms with Crippen molar-refractivity contribution in [1.82, 2.24) is 0 Å². The molecule has 1 aromatic rings. The summed E-state index contributed by atoms with van der Waals surface area (Å²) in [7, 11) is 0. The van der Waals surface area contributed by atoms with E-state index in [9.17, 15) is 14.4 Å². The third kappa shape index (κ3) is 5.55. The number of unbranched alkanes of at least 4 members (excludes halogenated alkanes) is 1. The van der Waals surface area contributed by atoms with Gasteiger partial charge in [-0.3, -0.25) is 9.59 Å². The van der Waals surface area contributed by atoms with Crippen LogP contribution in [0.4, 0.5) is 0 Å². The smallest absolute Gasteiger partial charge is 0.338 e. The van der Waals surface area contributed by atoms with Gasteiger partial charge in [0.25, 0.3) is 0 Å². The molecule has 2 aliphatic rings. The Morgan fingerprint density at radius 1 is 1.28 bits per heavy atom. The Labute approximate surface area is 172 Å². The van der Waals surface area contributed by atoms with Crippen LogP contribution in [0.1, 0.15) is 62.7 Å². The van der Waals surface area contributed by atoms with Crippen molar-refractivity contribution in [2.45, 2.75) is 64.6 Å². The van der Waals surface area contributed by atoms with E-state index in [0.29, 0.717) is 30.7 Å². The monoisotopic (exact) mass is 398 g/mol. The molecular formula is C24H30O5. The lowest BCUT2D eigenvalue weighted by molar-refractivity contribution is -0.141. The van der Waals surface area contributed by atoms with Crippen molar-refractivity contribution in [1.29, 1.82) is 0 Å². The number of hydrogen-bond acceptors (Lipinski definition) is 5. The molecule has 156 valence electrons. The number of ketones is 1. The predicted octanol–water partition coefficient (Wildman–Crippen LogP) is 4.51. The van der Waals surface area contributed by atoms with Gasteiger partial charge in [0.05, 0.1) is 12.0 Å². The van der Waals surface area contributed by atoms with Crippen LogP contribution in [0.25, 0.3) is 0 Å². The van der Waals surface area contributed by atoms with Crippen LogP contribution in [0.3, 0.4) is 0 Å². The van der Waals surface area contributed by atoms with Gasteiger partial charge in [-0.05, 0) is 24.1 Å². The molecule has 0 aromatic heterocycles. The molecule has 0 radical (unpaired) electrons. The third-order valence-electron chi connectivity index (χ3n) is 5.92. The van der Waals surface area contributed by atoms with Gasteiger partial charge in [0.1, 0.15) is 12.2 Å². The molecule has 0 unspecified atom stereocenters. The second-order valence-corrected chi connectivity index (χ2v) is 8.30. The first kappa shape index (κ1) is 21.3. The predicted molar refractivity (Wildman–Crippen MR) is 109 cm³/mol. The number of esters is 2. The van der Waals surface area contributed by atoms with Crippen molar-refractivity contribution in [2.24, 2.45) is 17.8 Å². The van der Waals surface area contributed by atoms with E-state index >= 15 is 0 Å². The first-order chi connectivity index (χ1) is 14.0. The molecule has 0 bridgehead atoms. The van der Waals surface area contributed by atoms with E-state index in [0.717, 1.165) is 19.3 Å². The second kappa shape index (κ2) is 9.86. The highest BCUT2D eigenvalue weighted by molar-refractivity contribution is 5.90. The summed E-state index contributed by atoms with van der Waals surface area (Å²) in [5, 5.41) is 0. The molecule has 1 heterocycles. The minimum absolute atomic E-state index is 0.0439. The second-order valence-electron chi connectivity index (χ2n) is 8.30. The number of benzene rings is 1. The van der Waals surface area contributed by atoms with Crippen molar-refractivity contribution in [3.05, 3.63) is 48.0 Å². The first-order valence-corrected chi connectivity index (χ1v) is 10.6. The molecule has 29 heavy (non-hydrogen) atoms. The van der Waals surface area contributed by atoms with Gasteiger partial charge in [-0.25, -0.2) is 4.79 Å². The number of carbonyl (C=O) groups is 3. The lowest BCUT2D eigenvalue weighted by atomic mass is 9.90. The van der Waals surface area contributed by atoms with Crippen molar-refractivity contribution in [2.75, 3.05) is 0 Å². The Bertz CT molecular complexity index is 754. The summed E-state index contributed by atoms with van der Waals surface area (Å²) in [5.74, 6) is -0.404. The largest absolute Gasteiger partial charge is 0.462 e. The van der Waals surface area contributed by atoms with Gasteiger partial charge in [-0.2, -0.15) is 0 Å². The van der Waals surface area contributed by atoms with Crippen LogP contribution in [-0.4, -0.2) is 29.9 Å². The molecule has 5 atom stereocenters.